The van der Waals surface area contributed by atoms with Crippen molar-refractivity contribution < 1.29 is 4.74 Å². The molecule has 4 heteroatoms. The molecule has 0 radical (unpaired) electrons. The van der Waals surface area contributed by atoms with E-state index in [1.807, 2.05) is 6.92 Å². The molecule has 0 amide bonds. The van der Waals surface area contributed by atoms with Crippen molar-refractivity contribution in [1.29, 1.82) is 0 Å². The van der Waals surface area contributed by atoms with Crippen LogP contribution in [0.15, 0.2) is 0 Å². The van der Waals surface area contributed by atoms with Gasteiger partial charge in [0.2, 0.25) is 0 Å². The van der Waals surface area contributed by atoms with Crippen LogP contribution in [0.3, 0.4) is 0 Å². The lowest BCUT2D eigenvalue weighted by Crippen LogP contribution is -2.40. The fourth-order valence-corrected chi connectivity index (χ4v) is 2.67. The zero-order chi connectivity index (χ0) is 13.2. The normalized spacial score (nSPS) is 16.6. The highest BCUT2D eigenvalue weighted by molar-refractivity contribution is 7.80. The molecule has 1 rings (SSSR count). The second-order valence-corrected chi connectivity index (χ2v) is 5.55. The highest BCUT2D eigenvalue weighted by atomic mass is 32.1. The summed E-state index contributed by atoms with van der Waals surface area (Å²) in [4.78, 5) is 2.20. The maximum atomic E-state index is 5.40. The van der Waals surface area contributed by atoms with E-state index >= 15 is 0 Å². The van der Waals surface area contributed by atoms with Gasteiger partial charge in [-0.05, 0) is 44.3 Å². The molecule has 0 aromatic rings. The predicted molar refractivity (Wildman–Crippen MR) is 80.9 cm³/mol. The molecule has 1 aliphatic carbocycles. The number of nitrogens with zero attached hydrogens (tertiary/aromatic N) is 1. The fraction of sp³-hybridized carbons (Fsp3) is 0.929. The highest BCUT2D eigenvalue weighted by Crippen LogP contribution is 2.23. The second kappa shape index (κ2) is 9.56. The van der Waals surface area contributed by atoms with Gasteiger partial charge in [0.1, 0.15) is 0 Å². The lowest BCUT2D eigenvalue weighted by atomic mass is 9.89. The molecule has 0 saturated heterocycles. The smallest absolute Gasteiger partial charge is 0.168 e. The summed E-state index contributed by atoms with van der Waals surface area (Å²) in [7, 11) is 2.10. The van der Waals surface area contributed by atoms with E-state index in [4.69, 9.17) is 17.0 Å². The lowest BCUT2D eigenvalue weighted by Gasteiger charge is -2.28. The van der Waals surface area contributed by atoms with Crippen LogP contribution in [0.25, 0.3) is 0 Å². The van der Waals surface area contributed by atoms with E-state index in [0.717, 1.165) is 43.8 Å². The number of hydrogen-bond donors (Lipinski definition) is 1. The Hall–Kier alpha value is -0.350. The van der Waals surface area contributed by atoms with Gasteiger partial charge in [-0.2, -0.15) is 0 Å². The first-order valence-corrected chi connectivity index (χ1v) is 7.71. The van der Waals surface area contributed by atoms with Crippen molar-refractivity contribution in [2.45, 2.75) is 45.4 Å². The Bertz CT molecular complexity index is 230. The Morgan fingerprint density at radius 3 is 2.72 bits per heavy atom. The van der Waals surface area contributed by atoms with E-state index < -0.39 is 0 Å². The summed E-state index contributed by atoms with van der Waals surface area (Å²) in [6.07, 6.45) is 7.97. The van der Waals surface area contributed by atoms with Crippen LogP contribution in [0.2, 0.25) is 0 Å². The van der Waals surface area contributed by atoms with Gasteiger partial charge in [-0.3, -0.25) is 0 Å². The van der Waals surface area contributed by atoms with Crippen LogP contribution in [0.4, 0.5) is 0 Å². The third-order valence-electron chi connectivity index (χ3n) is 3.55. The molecule has 0 heterocycles. The van der Waals surface area contributed by atoms with Crippen molar-refractivity contribution >= 4 is 17.3 Å². The Balaban J connectivity index is 2.08. The van der Waals surface area contributed by atoms with Crippen LogP contribution in [0.5, 0.6) is 0 Å². The second-order valence-electron chi connectivity index (χ2n) is 5.17. The zero-order valence-electron chi connectivity index (χ0n) is 11.9. The minimum Gasteiger partial charge on any atom is -0.382 e. The summed E-state index contributed by atoms with van der Waals surface area (Å²) in [6, 6.07) is 0. The Morgan fingerprint density at radius 2 is 2.06 bits per heavy atom. The SMILES string of the molecule is CCOCCCNC(=S)N(C)CC1CCCCC1. The van der Waals surface area contributed by atoms with Gasteiger partial charge in [-0.25, -0.2) is 0 Å². The van der Waals surface area contributed by atoms with Crippen molar-refractivity contribution in [2.75, 3.05) is 33.4 Å². The molecule has 0 aromatic carbocycles. The lowest BCUT2D eigenvalue weighted by molar-refractivity contribution is 0.145. The average Bonchev–Trinajstić information content (AvgIpc) is 2.39. The number of ether oxygens (including phenoxy) is 1. The molecule has 0 unspecified atom stereocenters. The van der Waals surface area contributed by atoms with E-state index in [2.05, 4.69) is 17.3 Å². The molecule has 18 heavy (non-hydrogen) atoms. The molecule has 1 saturated carbocycles. The summed E-state index contributed by atoms with van der Waals surface area (Å²) in [6.45, 7) is 5.66. The standard InChI is InChI=1S/C14H28N2OS/c1-3-17-11-7-10-15-14(18)16(2)12-13-8-5-4-6-9-13/h13H,3-12H2,1-2H3,(H,15,18). The van der Waals surface area contributed by atoms with Gasteiger partial charge < -0.3 is 15.0 Å². The topological polar surface area (TPSA) is 24.5 Å². The molecule has 0 spiro atoms. The number of thiocarbonyl (C=S) groups is 1. The quantitative estimate of drug-likeness (QED) is 0.569. The molecule has 0 aliphatic heterocycles. The maximum Gasteiger partial charge on any atom is 0.168 e. The van der Waals surface area contributed by atoms with Gasteiger partial charge in [-0.1, -0.05) is 19.3 Å². The monoisotopic (exact) mass is 272 g/mol. The number of nitrogens with one attached hydrogen (secondary N) is 1. The molecule has 1 aliphatic rings. The van der Waals surface area contributed by atoms with Crippen molar-refractivity contribution in [3.63, 3.8) is 0 Å². The van der Waals surface area contributed by atoms with Gasteiger partial charge in [0.15, 0.2) is 5.11 Å². The molecule has 0 atom stereocenters. The molecular weight excluding hydrogens is 244 g/mol. The summed E-state index contributed by atoms with van der Waals surface area (Å²) < 4.78 is 5.30. The number of rotatable bonds is 7. The van der Waals surface area contributed by atoms with Crippen LogP contribution >= 0.6 is 12.2 Å². The minimum atomic E-state index is 0.798. The predicted octanol–water partition coefficient (Wildman–Crippen LogP) is 2.80. The summed E-state index contributed by atoms with van der Waals surface area (Å²) in [5.74, 6) is 0.840. The van der Waals surface area contributed by atoms with E-state index in [-0.39, 0.29) is 0 Å². The molecule has 0 bridgehead atoms. The molecular formula is C14H28N2OS. The zero-order valence-corrected chi connectivity index (χ0v) is 12.7. The van der Waals surface area contributed by atoms with Gasteiger partial charge in [0, 0.05) is 33.4 Å². The van der Waals surface area contributed by atoms with Crippen molar-refractivity contribution in [1.82, 2.24) is 10.2 Å². The summed E-state index contributed by atoms with van der Waals surface area (Å²) in [5.41, 5.74) is 0. The van der Waals surface area contributed by atoms with Crippen LogP contribution in [-0.2, 0) is 4.74 Å². The highest BCUT2D eigenvalue weighted by Gasteiger charge is 2.16. The third-order valence-corrected chi connectivity index (χ3v) is 4.01. The molecule has 106 valence electrons. The van der Waals surface area contributed by atoms with Crippen molar-refractivity contribution in [3.8, 4) is 0 Å². The number of hydrogen-bond acceptors (Lipinski definition) is 2. The van der Waals surface area contributed by atoms with Crippen molar-refractivity contribution in [2.24, 2.45) is 5.92 Å². The van der Waals surface area contributed by atoms with Crippen LogP contribution in [-0.4, -0.2) is 43.4 Å². The summed E-state index contributed by atoms with van der Waals surface area (Å²) >= 11 is 5.40. The average molecular weight is 272 g/mol. The van der Waals surface area contributed by atoms with Gasteiger partial charge in [0.05, 0.1) is 0 Å². The largest absolute Gasteiger partial charge is 0.382 e. The summed E-state index contributed by atoms with van der Waals surface area (Å²) in [5, 5.41) is 4.19. The fourth-order valence-electron chi connectivity index (χ4n) is 2.49. The van der Waals surface area contributed by atoms with Crippen LogP contribution in [0, 0.1) is 5.92 Å². The molecule has 1 N–H and O–H groups in total. The van der Waals surface area contributed by atoms with Crippen molar-refractivity contribution in [3.05, 3.63) is 0 Å². The van der Waals surface area contributed by atoms with E-state index in [0.29, 0.717) is 0 Å². The molecule has 0 aromatic heterocycles. The Kier molecular flexibility index (Phi) is 8.34. The van der Waals surface area contributed by atoms with Gasteiger partial charge >= 0.3 is 0 Å². The van der Waals surface area contributed by atoms with Crippen LogP contribution in [0.1, 0.15) is 45.4 Å². The molecule has 1 fully saturated rings. The van der Waals surface area contributed by atoms with Gasteiger partial charge in [0.25, 0.3) is 0 Å². The minimum absolute atomic E-state index is 0.798. The van der Waals surface area contributed by atoms with Gasteiger partial charge in [-0.15, -0.1) is 0 Å². The Labute approximate surface area is 117 Å². The maximum absolute atomic E-state index is 5.40. The third kappa shape index (κ3) is 6.55. The van der Waals surface area contributed by atoms with E-state index in [1.54, 1.807) is 0 Å². The van der Waals surface area contributed by atoms with E-state index in [1.165, 1.54) is 32.1 Å². The van der Waals surface area contributed by atoms with Crippen LogP contribution < -0.4 is 5.32 Å². The first kappa shape index (κ1) is 15.7. The Morgan fingerprint density at radius 1 is 1.33 bits per heavy atom. The molecule has 3 nitrogen and oxygen atoms in total. The first-order valence-electron chi connectivity index (χ1n) is 7.30. The van der Waals surface area contributed by atoms with E-state index in [9.17, 15) is 0 Å². The first-order chi connectivity index (χ1) is 8.74.